The van der Waals surface area contributed by atoms with E-state index in [-0.39, 0.29) is 5.76 Å². The molecule has 0 N–H and O–H groups in total. The third-order valence-electron chi connectivity index (χ3n) is 2.81. The summed E-state index contributed by atoms with van der Waals surface area (Å²) in [5.41, 5.74) is 0.964. The molecule has 108 valence electrons. The van der Waals surface area contributed by atoms with Gasteiger partial charge in [-0.05, 0) is 32.0 Å². The summed E-state index contributed by atoms with van der Waals surface area (Å²) in [6.45, 7) is 4.67. The first-order valence-corrected chi connectivity index (χ1v) is 6.62. The highest BCUT2D eigenvalue weighted by molar-refractivity contribution is 5.75. The molecule has 0 aliphatic heterocycles. The van der Waals surface area contributed by atoms with Gasteiger partial charge in [0.15, 0.2) is 23.5 Å². The number of furan rings is 1. The van der Waals surface area contributed by atoms with Crippen molar-refractivity contribution in [1.29, 1.82) is 5.26 Å². The Labute approximate surface area is 122 Å². The van der Waals surface area contributed by atoms with E-state index in [4.69, 9.17) is 13.9 Å². The molecule has 2 rings (SSSR count). The van der Waals surface area contributed by atoms with Crippen LogP contribution in [0.15, 0.2) is 28.7 Å². The molecule has 0 unspecified atom stereocenters. The number of ether oxygens (including phenoxy) is 2. The molecule has 0 radical (unpaired) electrons. The lowest BCUT2D eigenvalue weighted by Gasteiger charge is -2.13. The van der Waals surface area contributed by atoms with Crippen LogP contribution in [0.1, 0.15) is 30.0 Å². The molecule has 0 spiro atoms. The van der Waals surface area contributed by atoms with Crippen LogP contribution in [0, 0.1) is 11.3 Å². The minimum atomic E-state index is 0.209. The fraction of sp³-hybridized carbons (Fsp3) is 0.250. The van der Waals surface area contributed by atoms with Crippen molar-refractivity contribution in [2.45, 2.75) is 13.8 Å². The smallest absolute Gasteiger partial charge is 0.185 e. The predicted octanol–water partition coefficient (Wildman–Crippen LogP) is 3.43. The number of carbonyl (C=O) groups excluding carboxylic acids is 1. The van der Waals surface area contributed by atoms with Crippen molar-refractivity contribution in [3.63, 3.8) is 0 Å². The average Bonchev–Trinajstić information content (AvgIpc) is 2.97. The average molecular weight is 285 g/mol. The Bertz CT molecular complexity index is 682. The SMILES string of the molecule is CCOc1cc(C#N)c(-c2ccc(C=O)o2)cc1OCC. The van der Waals surface area contributed by atoms with Gasteiger partial charge in [0.05, 0.1) is 18.8 Å². The van der Waals surface area contributed by atoms with Crippen LogP contribution >= 0.6 is 0 Å². The van der Waals surface area contributed by atoms with E-state index in [2.05, 4.69) is 6.07 Å². The van der Waals surface area contributed by atoms with Crippen LogP contribution in [0.3, 0.4) is 0 Å². The maximum Gasteiger partial charge on any atom is 0.185 e. The zero-order valence-electron chi connectivity index (χ0n) is 11.9. The van der Waals surface area contributed by atoms with Gasteiger partial charge in [-0.1, -0.05) is 0 Å². The van der Waals surface area contributed by atoms with Crippen LogP contribution in [0.2, 0.25) is 0 Å². The molecular formula is C16H15NO4. The van der Waals surface area contributed by atoms with E-state index in [0.29, 0.717) is 47.9 Å². The quantitative estimate of drug-likeness (QED) is 0.760. The van der Waals surface area contributed by atoms with Crippen LogP contribution in [0.25, 0.3) is 11.3 Å². The molecule has 5 heteroatoms. The Kier molecular flexibility index (Phi) is 4.62. The van der Waals surface area contributed by atoms with Gasteiger partial charge in [0.1, 0.15) is 11.8 Å². The maximum absolute atomic E-state index is 10.7. The van der Waals surface area contributed by atoms with Gasteiger partial charge in [-0.15, -0.1) is 0 Å². The summed E-state index contributed by atoms with van der Waals surface area (Å²) in [5, 5.41) is 9.30. The number of nitrogens with zero attached hydrogens (tertiary/aromatic N) is 1. The van der Waals surface area contributed by atoms with Crippen molar-refractivity contribution >= 4 is 6.29 Å². The second-order valence-electron chi connectivity index (χ2n) is 4.14. The third-order valence-corrected chi connectivity index (χ3v) is 2.81. The van der Waals surface area contributed by atoms with Crippen molar-refractivity contribution in [1.82, 2.24) is 0 Å². The van der Waals surface area contributed by atoms with Gasteiger partial charge in [0.25, 0.3) is 0 Å². The van der Waals surface area contributed by atoms with E-state index in [1.807, 2.05) is 13.8 Å². The molecule has 0 aliphatic rings. The highest BCUT2D eigenvalue weighted by atomic mass is 16.5. The van der Waals surface area contributed by atoms with Crippen molar-refractivity contribution < 1.29 is 18.7 Å². The zero-order valence-corrected chi connectivity index (χ0v) is 11.9. The van der Waals surface area contributed by atoms with Gasteiger partial charge in [0.2, 0.25) is 0 Å². The normalized spacial score (nSPS) is 9.95. The van der Waals surface area contributed by atoms with Crippen molar-refractivity contribution in [3.8, 4) is 28.9 Å². The number of rotatable bonds is 6. The van der Waals surface area contributed by atoms with Gasteiger partial charge < -0.3 is 13.9 Å². The largest absolute Gasteiger partial charge is 0.490 e. The van der Waals surface area contributed by atoms with E-state index in [9.17, 15) is 10.1 Å². The molecular weight excluding hydrogens is 270 g/mol. The molecule has 21 heavy (non-hydrogen) atoms. The van der Waals surface area contributed by atoms with Gasteiger partial charge in [0, 0.05) is 11.6 Å². The van der Waals surface area contributed by atoms with Gasteiger partial charge in [-0.25, -0.2) is 0 Å². The van der Waals surface area contributed by atoms with E-state index in [0.717, 1.165) is 0 Å². The van der Waals surface area contributed by atoms with Crippen LogP contribution in [-0.2, 0) is 0 Å². The van der Waals surface area contributed by atoms with Crippen molar-refractivity contribution in [3.05, 3.63) is 35.6 Å². The summed E-state index contributed by atoms with van der Waals surface area (Å²) in [6, 6.07) is 8.62. The standard InChI is InChI=1S/C16H15NO4/c1-3-19-15-7-11(9-17)13(8-16(15)20-4-2)14-6-5-12(10-18)21-14/h5-8,10H,3-4H2,1-2H3. The Balaban J connectivity index is 2.56. The Morgan fingerprint density at radius 2 is 1.86 bits per heavy atom. The van der Waals surface area contributed by atoms with Gasteiger partial charge >= 0.3 is 0 Å². The summed E-state index contributed by atoms with van der Waals surface area (Å²) in [5.74, 6) is 1.71. The van der Waals surface area contributed by atoms with E-state index in [1.165, 1.54) is 0 Å². The number of carbonyl (C=O) groups is 1. The predicted molar refractivity (Wildman–Crippen MR) is 76.6 cm³/mol. The molecule has 5 nitrogen and oxygen atoms in total. The molecule has 0 aliphatic carbocycles. The minimum Gasteiger partial charge on any atom is -0.490 e. The fourth-order valence-corrected chi connectivity index (χ4v) is 1.95. The summed E-state index contributed by atoms with van der Waals surface area (Å²) in [4.78, 5) is 10.7. The molecule has 0 saturated carbocycles. The first-order chi connectivity index (χ1) is 10.2. The summed E-state index contributed by atoms with van der Waals surface area (Å²) >= 11 is 0. The minimum absolute atomic E-state index is 0.209. The topological polar surface area (TPSA) is 72.5 Å². The number of aldehydes is 1. The molecule has 1 aromatic carbocycles. The molecule has 2 aromatic rings. The monoisotopic (exact) mass is 285 g/mol. The summed E-state index contributed by atoms with van der Waals surface area (Å²) < 4.78 is 16.4. The third kappa shape index (κ3) is 3.06. The molecule has 0 atom stereocenters. The summed E-state index contributed by atoms with van der Waals surface area (Å²) in [7, 11) is 0. The van der Waals surface area contributed by atoms with E-state index >= 15 is 0 Å². The highest BCUT2D eigenvalue weighted by Gasteiger charge is 2.16. The first-order valence-electron chi connectivity index (χ1n) is 6.62. The van der Waals surface area contributed by atoms with Crippen molar-refractivity contribution in [2.75, 3.05) is 13.2 Å². The second kappa shape index (κ2) is 6.62. The maximum atomic E-state index is 10.7. The number of nitriles is 1. The van der Waals surface area contributed by atoms with Crippen LogP contribution < -0.4 is 9.47 Å². The van der Waals surface area contributed by atoms with Crippen LogP contribution in [0.5, 0.6) is 11.5 Å². The zero-order chi connectivity index (χ0) is 15.2. The fourth-order valence-electron chi connectivity index (χ4n) is 1.95. The lowest BCUT2D eigenvalue weighted by Crippen LogP contribution is -2.00. The van der Waals surface area contributed by atoms with E-state index < -0.39 is 0 Å². The Morgan fingerprint density at radius 1 is 1.19 bits per heavy atom. The molecule has 0 fully saturated rings. The lowest BCUT2D eigenvalue weighted by molar-refractivity contribution is 0.110. The highest BCUT2D eigenvalue weighted by Crippen LogP contribution is 2.36. The Hall–Kier alpha value is -2.74. The Morgan fingerprint density at radius 3 is 2.38 bits per heavy atom. The molecule has 0 saturated heterocycles. The molecule has 0 amide bonds. The number of hydrogen-bond acceptors (Lipinski definition) is 5. The molecule has 1 heterocycles. The number of benzene rings is 1. The van der Waals surface area contributed by atoms with Crippen molar-refractivity contribution in [2.24, 2.45) is 0 Å². The number of hydrogen-bond donors (Lipinski definition) is 0. The first kappa shape index (κ1) is 14.7. The van der Waals surface area contributed by atoms with Gasteiger partial charge in [-0.2, -0.15) is 5.26 Å². The molecule has 0 bridgehead atoms. The van der Waals surface area contributed by atoms with Gasteiger partial charge in [-0.3, -0.25) is 4.79 Å². The van der Waals surface area contributed by atoms with E-state index in [1.54, 1.807) is 24.3 Å². The second-order valence-corrected chi connectivity index (χ2v) is 4.14. The summed E-state index contributed by atoms with van der Waals surface area (Å²) in [6.07, 6.45) is 0.619. The van der Waals surface area contributed by atoms with Crippen LogP contribution in [-0.4, -0.2) is 19.5 Å². The molecule has 1 aromatic heterocycles. The van der Waals surface area contributed by atoms with Crippen LogP contribution in [0.4, 0.5) is 0 Å². The lowest BCUT2D eigenvalue weighted by atomic mass is 10.1.